The summed E-state index contributed by atoms with van der Waals surface area (Å²) >= 11 is -2.60. The topological polar surface area (TPSA) is 83.5 Å². The first kappa shape index (κ1) is 9.02. The molecule has 0 fully saturated rings. The second-order valence-corrected chi connectivity index (χ2v) is 4.14. The molecule has 0 aromatic carbocycles. The van der Waals surface area contributed by atoms with Crippen LogP contribution in [0.3, 0.4) is 0 Å². The molecule has 56 valence electrons. The third-order valence-electron chi connectivity index (χ3n) is 0.494. The smallest absolute Gasteiger partial charge is 0.277 e. The second-order valence-electron chi connectivity index (χ2n) is 1.15. The Kier molecular flexibility index (Phi) is 3.26. The Bertz CT molecular complexity index is 191. The van der Waals surface area contributed by atoms with Gasteiger partial charge in [-0.3, -0.25) is 8.39 Å². The van der Waals surface area contributed by atoms with Gasteiger partial charge in [0.25, 0.3) is 10.1 Å². The molecule has 7 heteroatoms. The van der Waals surface area contributed by atoms with Crippen molar-refractivity contribution in [3.63, 3.8) is 0 Å². The summed E-state index contributed by atoms with van der Waals surface area (Å²) in [7, 11) is -2.93. The highest BCUT2D eigenvalue weighted by atomic mass is 32.3. The molecule has 5 nitrogen and oxygen atoms in total. The molecule has 0 aliphatic heterocycles. The van der Waals surface area contributed by atoms with E-state index < -0.39 is 26.3 Å². The van der Waals surface area contributed by atoms with Crippen molar-refractivity contribution in [2.24, 2.45) is 0 Å². The van der Waals surface area contributed by atoms with Gasteiger partial charge in [0.05, 0.1) is 7.11 Å². The highest BCUT2D eigenvalue weighted by molar-refractivity contribution is 8.00. The Morgan fingerprint density at radius 3 is 2.22 bits per heavy atom. The average molecular weight is 173 g/mol. The van der Waals surface area contributed by atoms with Gasteiger partial charge in [0.15, 0.2) is 0 Å². The molecule has 0 aliphatic carbocycles. The van der Waals surface area contributed by atoms with Crippen LogP contribution in [-0.4, -0.2) is 29.4 Å². The number of hydrogen-bond acceptors (Lipinski definition) is 5. The lowest BCUT2D eigenvalue weighted by atomic mass is 11.8. The lowest BCUT2D eigenvalue weighted by molar-refractivity contribution is 0.400. The van der Waals surface area contributed by atoms with Crippen molar-refractivity contribution >= 4 is 21.2 Å². The van der Waals surface area contributed by atoms with Crippen molar-refractivity contribution in [1.29, 1.82) is 0 Å². The molecule has 0 bridgehead atoms. The van der Waals surface area contributed by atoms with Crippen molar-refractivity contribution in [3.8, 4) is 0 Å². The van der Waals surface area contributed by atoms with Gasteiger partial charge in [-0.05, 0) is 11.1 Å². The van der Waals surface area contributed by atoms with Crippen molar-refractivity contribution in [1.82, 2.24) is 0 Å². The van der Waals surface area contributed by atoms with Crippen LogP contribution in [-0.2, 0) is 25.4 Å². The van der Waals surface area contributed by atoms with E-state index in [9.17, 15) is 17.2 Å². The first-order chi connectivity index (χ1) is 3.98. The molecular formula is C2H5O5S2-. The SMILES string of the molecule is COS(=O)(=O)CS(=O)[O-]. The summed E-state index contributed by atoms with van der Waals surface area (Å²) in [6.07, 6.45) is 0. The molecule has 1 atom stereocenters. The summed E-state index contributed by atoms with van der Waals surface area (Å²) in [6.45, 7) is 0. The molecule has 0 radical (unpaired) electrons. The molecule has 0 saturated heterocycles. The van der Waals surface area contributed by atoms with Gasteiger partial charge in [-0.25, -0.2) is 0 Å². The van der Waals surface area contributed by atoms with E-state index in [0.29, 0.717) is 0 Å². The van der Waals surface area contributed by atoms with Gasteiger partial charge in [0, 0.05) is 0 Å². The molecule has 0 saturated carbocycles. The Morgan fingerprint density at radius 2 is 2.11 bits per heavy atom. The predicted molar refractivity (Wildman–Crippen MR) is 29.7 cm³/mol. The Morgan fingerprint density at radius 1 is 1.67 bits per heavy atom. The van der Waals surface area contributed by atoms with E-state index >= 15 is 0 Å². The molecule has 0 rings (SSSR count). The van der Waals surface area contributed by atoms with Crippen molar-refractivity contribution in [2.45, 2.75) is 0 Å². The van der Waals surface area contributed by atoms with Crippen LogP contribution in [0.15, 0.2) is 0 Å². The minimum atomic E-state index is -3.83. The maximum absolute atomic E-state index is 10.2. The monoisotopic (exact) mass is 173 g/mol. The molecule has 0 aliphatic rings. The maximum Gasteiger partial charge on any atom is 0.277 e. The van der Waals surface area contributed by atoms with Crippen LogP contribution in [0.25, 0.3) is 0 Å². The van der Waals surface area contributed by atoms with Gasteiger partial charge in [0.2, 0.25) is 0 Å². The molecule has 0 heterocycles. The van der Waals surface area contributed by atoms with E-state index in [1.165, 1.54) is 0 Å². The normalized spacial score (nSPS) is 15.3. The van der Waals surface area contributed by atoms with Crippen molar-refractivity contribution in [2.75, 3.05) is 12.2 Å². The van der Waals surface area contributed by atoms with Crippen LogP contribution >= 0.6 is 0 Å². The van der Waals surface area contributed by atoms with E-state index in [4.69, 9.17) is 0 Å². The van der Waals surface area contributed by atoms with Crippen LogP contribution in [0.5, 0.6) is 0 Å². The van der Waals surface area contributed by atoms with E-state index in [0.717, 1.165) is 7.11 Å². The fourth-order valence-electron chi connectivity index (χ4n) is 0.166. The molecule has 0 amide bonds. The molecule has 0 N–H and O–H groups in total. The van der Waals surface area contributed by atoms with Crippen LogP contribution in [0, 0.1) is 0 Å². The molecule has 0 aromatic rings. The van der Waals surface area contributed by atoms with Crippen LogP contribution in [0.4, 0.5) is 0 Å². The zero-order valence-electron chi connectivity index (χ0n) is 4.56. The number of rotatable bonds is 3. The zero-order valence-corrected chi connectivity index (χ0v) is 6.20. The van der Waals surface area contributed by atoms with Crippen LogP contribution in [0.1, 0.15) is 0 Å². The molecular weight excluding hydrogens is 168 g/mol. The van der Waals surface area contributed by atoms with Gasteiger partial charge in [-0.15, -0.1) is 0 Å². The summed E-state index contributed by atoms with van der Waals surface area (Å²) in [5.41, 5.74) is 0. The fourth-order valence-corrected chi connectivity index (χ4v) is 1.49. The lowest BCUT2D eigenvalue weighted by Crippen LogP contribution is -2.11. The largest absolute Gasteiger partial charge is 0.772 e. The minimum absolute atomic E-state index is 0.905. The highest BCUT2D eigenvalue weighted by Gasteiger charge is 2.06. The van der Waals surface area contributed by atoms with Crippen LogP contribution in [0.2, 0.25) is 0 Å². The van der Waals surface area contributed by atoms with Crippen molar-refractivity contribution in [3.05, 3.63) is 0 Å². The van der Waals surface area contributed by atoms with Gasteiger partial charge in [-0.2, -0.15) is 8.42 Å². The Balaban J connectivity index is 4.06. The van der Waals surface area contributed by atoms with Gasteiger partial charge >= 0.3 is 0 Å². The van der Waals surface area contributed by atoms with E-state index in [-0.39, 0.29) is 0 Å². The van der Waals surface area contributed by atoms with Crippen LogP contribution < -0.4 is 0 Å². The minimum Gasteiger partial charge on any atom is -0.772 e. The van der Waals surface area contributed by atoms with E-state index in [1.807, 2.05) is 0 Å². The Labute approximate surface area is 55.4 Å². The third-order valence-corrected chi connectivity index (χ3v) is 2.93. The van der Waals surface area contributed by atoms with Gasteiger partial charge in [0.1, 0.15) is 5.08 Å². The maximum atomic E-state index is 10.2. The quantitative estimate of drug-likeness (QED) is 0.395. The summed E-state index contributed by atoms with van der Waals surface area (Å²) in [5, 5.41) is -0.983. The molecule has 1 unspecified atom stereocenters. The Hall–Kier alpha value is 0.0200. The average Bonchev–Trinajstić information content (AvgIpc) is 1.63. The molecule has 0 aromatic heterocycles. The lowest BCUT2D eigenvalue weighted by Gasteiger charge is -2.02. The van der Waals surface area contributed by atoms with E-state index in [2.05, 4.69) is 4.18 Å². The summed E-state index contributed by atoms with van der Waals surface area (Å²) < 4.78 is 43.6. The number of hydrogen-bond donors (Lipinski definition) is 0. The second kappa shape index (κ2) is 3.25. The standard InChI is InChI=1S/C2H6O5S2/c1-7-9(5,6)2-8(3)4/h2H2,1H3,(H,3,4)/p-1. The fraction of sp³-hybridized carbons (Fsp3) is 1.00. The van der Waals surface area contributed by atoms with E-state index in [1.54, 1.807) is 0 Å². The van der Waals surface area contributed by atoms with Gasteiger partial charge in [-0.1, -0.05) is 0 Å². The summed E-state index contributed by atoms with van der Waals surface area (Å²) in [6, 6.07) is 0. The van der Waals surface area contributed by atoms with Crippen molar-refractivity contribution < 1.29 is 21.4 Å². The molecule has 0 spiro atoms. The zero-order chi connectivity index (χ0) is 7.49. The molecule has 9 heavy (non-hydrogen) atoms. The summed E-state index contributed by atoms with van der Waals surface area (Å²) in [5.74, 6) is 0. The van der Waals surface area contributed by atoms with Gasteiger partial charge < -0.3 is 4.55 Å². The predicted octanol–water partition coefficient (Wildman–Crippen LogP) is -1.20. The first-order valence-electron chi connectivity index (χ1n) is 1.82. The highest BCUT2D eigenvalue weighted by Crippen LogP contribution is 1.90. The third kappa shape index (κ3) is 4.52. The first-order valence-corrected chi connectivity index (χ1v) is 4.64. The summed E-state index contributed by atoms with van der Waals surface area (Å²) in [4.78, 5) is 0.